The second-order valence-corrected chi connectivity index (χ2v) is 4.51. The maximum absolute atomic E-state index is 11.8. The smallest absolute Gasteiger partial charge is 0.336 e. The number of hydrogen-bond donors (Lipinski definition) is 2. The number of carboxylic acid groups (broad SMARTS) is 1. The molecule has 1 saturated heterocycles. The van der Waals surface area contributed by atoms with Crippen molar-refractivity contribution < 1.29 is 19.5 Å². The topological polar surface area (TPSA) is 86.7 Å². The van der Waals surface area contributed by atoms with E-state index in [9.17, 15) is 14.4 Å². The second kappa shape index (κ2) is 4.72. The van der Waals surface area contributed by atoms with Gasteiger partial charge in [0.2, 0.25) is 5.91 Å². The van der Waals surface area contributed by atoms with Crippen molar-refractivity contribution in [1.29, 1.82) is 0 Å². The van der Waals surface area contributed by atoms with E-state index in [0.717, 1.165) is 5.56 Å². The van der Waals surface area contributed by atoms with E-state index < -0.39 is 12.0 Å². The summed E-state index contributed by atoms with van der Waals surface area (Å²) in [7, 11) is 0. The summed E-state index contributed by atoms with van der Waals surface area (Å²) in [4.78, 5) is 35.4. The van der Waals surface area contributed by atoms with E-state index in [2.05, 4.69) is 5.32 Å². The summed E-state index contributed by atoms with van der Waals surface area (Å²) >= 11 is 0. The molecule has 2 rings (SSSR count). The Hall–Kier alpha value is -2.37. The third-order valence-corrected chi connectivity index (χ3v) is 3.12. The number of aryl methyl sites for hydroxylation is 2. The number of nitrogens with zero attached hydrogens (tertiary/aromatic N) is 1. The average Bonchev–Trinajstić information content (AvgIpc) is 2.30. The first-order valence-corrected chi connectivity index (χ1v) is 5.86. The lowest BCUT2D eigenvalue weighted by Gasteiger charge is -2.28. The van der Waals surface area contributed by atoms with Crippen molar-refractivity contribution in [3.8, 4) is 0 Å². The molecule has 1 heterocycles. The molecule has 0 spiro atoms. The molecule has 19 heavy (non-hydrogen) atoms. The number of carbonyl (C=O) groups excluding carboxylic acids is 2. The SMILES string of the molecule is Cc1cc(C)c(N2CCC(=O)NC2=O)cc1C(=O)O. The molecule has 6 heteroatoms. The van der Waals surface area contributed by atoms with E-state index in [4.69, 9.17) is 5.11 Å². The molecule has 1 fully saturated rings. The molecule has 3 amide bonds. The summed E-state index contributed by atoms with van der Waals surface area (Å²) in [6, 6.07) is 2.68. The summed E-state index contributed by atoms with van der Waals surface area (Å²) in [5, 5.41) is 11.3. The van der Waals surface area contributed by atoms with E-state index in [1.807, 2.05) is 0 Å². The highest BCUT2D eigenvalue weighted by atomic mass is 16.4. The Balaban J connectivity index is 2.44. The lowest BCUT2D eigenvalue weighted by atomic mass is 10.0. The maximum atomic E-state index is 11.8. The highest BCUT2D eigenvalue weighted by Crippen LogP contribution is 2.26. The molecule has 1 aliphatic rings. The minimum Gasteiger partial charge on any atom is -0.478 e. The largest absolute Gasteiger partial charge is 0.478 e. The van der Waals surface area contributed by atoms with Crippen molar-refractivity contribution in [3.05, 3.63) is 28.8 Å². The molecule has 1 aromatic carbocycles. The molecule has 1 aliphatic heterocycles. The summed E-state index contributed by atoms with van der Waals surface area (Å²) in [5.74, 6) is -1.35. The third-order valence-electron chi connectivity index (χ3n) is 3.12. The van der Waals surface area contributed by atoms with Crippen LogP contribution in [0.4, 0.5) is 10.5 Å². The number of amides is 3. The van der Waals surface area contributed by atoms with Crippen molar-refractivity contribution in [1.82, 2.24) is 5.32 Å². The summed E-state index contributed by atoms with van der Waals surface area (Å²) < 4.78 is 0. The minimum atomic E-state index is -1.03. The molecule has 6 nitrogen and oxygen atoms in total. The van der Waals surface area contributed by atoms with Crippen molar-refractivity contribution in [2.75, 3.05) is 11.4 Å². The number of rotatable bonds is 2. The predicted molar refractivity (Wildman–Crippen MR) is 68.4 cm³/mol. The fourth-order valence-corrected chi connectivity index (χ4v) is 2.16. The van der Waals surface area contributed by atoms with E-state index >= 15 is 0 Å². The lowest BCUT2D eigenvalue weighted by molar-refractivity contribution is -0.120. The predicted octanol–water partition coefficient (Wildman–Crippen LogP) is 1.45. The van der Waals surface area contributed by atoms with Crippen LogP contribution in [-0.4, -0.2) is 29.6 Å². The van der Waals surface area contributed by atoms with E-state index in [1.165, 1.54) is 11.0 Å². The van der Waals surface area contributed by atoms with Crippen molar-refractivity contribution in [2.45, 2.75) is 20.3 Å². The molecular formula is C13H14N2O4. The number of benzene rings is 1. The zero-order valence-corrected chi connectivity index (χ0v) is 10.7. The summed E-state index contributed by atoms with van der Waals surface area (Å²) in [5.41, 5.74) is 2.12. The molecule has 0 atom stereocenters. The van der Waals surface area contributed by atoms with Crippen LogP contribution < -0.4 is 10.2 Å². The van der Waals surface area contributed by atoms with Crippen molar-refractivity contribution in [2.24, 2.45) is 0 Å². The fourth-order valence-electron chi connectivity index (χ4n) is 2.16. The van der Waals surface area contributed by atoms with Gasteiger partial charge in [-0.1, -0.05) is 6.07 Å². The highest BCUT2D eigenvalue weighted by molar-refractivity contribution is 6.06. The zero-order chi connectivity index (χ0) is 14.2. The molecule has 0 radical (unpaired) electrons. The van der Waals surface area contributed by atoms with Gasteiger partial charge < -0.3 is 5.11 Å². The number of imide groups is 1. The number of carbonyl (C=O) groups is 3. The van der Waals surface area contributed by atoms with Crippen LogP contribution in [0.15, 0.2) is 12.1 Å². The van der Waals surface area contributed by atoms with Crippen LogP contribution in [0.5, 0.6) is 0 Å². The first-order chi connectivity index (χ1) is 8.90. The second-order valence-electron chi connectivity index (χ2n) is 4.51. The van der Waals surface area contributed by atoms with Gasteiger partial charge in [0, 0.05) is 18.7 Å². The quantitative estimate of drug-likeness (QED) is 0.844. The minimum absolute atomic E-state index is 0.158. The molecule has 0 unspecified atom stereocenters. The zero-order valence-electron chi connectivity index (χ0n) is 10.7. The van der Waals surface area contributed by atoms with E-state index in [-0.39, 0.29) is 24.4 Å². The van der Waals surface area contributed by atoms with Gasteiger partial charge in [0.15, 0.2) is 0 Å². The Kier molecular flexibility index (Phi) is 3.25. The molecular weight excluding hydrogens is 248 g/mol. The molecule has 0 aliphatic carbocycles. The summed E-state index contributed by atoms with van der Waals surface area (Å²) in [6.45, 7) is 3.77. The number of carboxylic acids is 1. The van der Waals surface area contributed by atoms with Crippen LogP contribution in [-0.2, 0) is 4.79 Å². The first-order valence-electron chi connectivity index (χ1n) is 5.86. The van der Waals surface area contributed by atoms with Gasteiger partial charge in [-0.15, -0.1) is 0 Å². The lowest BCUT2D eigenvalue weighted by Crippen LogP contribution is -2.49. The van der Waals surface area contributed by atoms with Crippen LogP contribution in [0, 0.1) is 13.8 Å². The van der Waals surface area contributed by atoms with Crippen LogP contribution in [0.2, 0.25) is 0 Å². The van der Waals surface area contributed by atoms with Gasteiger partial charge >= 0.3 is 12.0 Å². The Labute approximate surface area is 110 Å². The Morgan fingerprint density at radius 2 is 1.95 bits per heavy atom. The number of nitrogens with one attached hydrogen (secondary N) is 1. The number of hydrogen-bond acceptors (Lipinski definition) is 3. The monoisotopic (exact) mass is 262 g/mol. The molecule has 1 aromatic rings. The normalized spacial score (nSPS) is 15.4. The first kappa shape index (κ1) is 13.1. The van der Waals surface area contributed by atoms with Crippen LogP contribution >= 0.6 is 0 Å². The Morgan fingerprint density at radius 3 is 2.53 bits per heavy atom. The van der Waals surface area contributed by atoms with Crippen LogP contribution in [0.25, 0.3) is 0 Å². The van der Waals surface area contributed by atoms with Crippen LogP contribution in [0.3, 0.4) is 0 Å². The van der Waals surface area contributed by atoms with E-state index in [0.29, 0.717) is 11.3 Å². The van der Waals surface area contributed by atoms with Gasteiger partial charge in [-0.3, -0.25) is 15.0 Å². The van der Waals surface area contributed by atoms with Gasteiger partial charge in [0.05, 0.1) is 5.56 Å². The van der Waals surface area contributed by atoms with Crippen molar-refractivity contribution in [3.63, 3.8) is 0 Å². The number of anilines is 1. The van der Waals surface area contributed by atoms with Gasteiger partial charge in [-0.2, -0.15) is 0 Å². The Bertz CT molecular complexity index is 580. The molecule has 0 saturated carbocycles. The number of urea groups is 1. The average molecular weight is 262 g/mol. The summed E-state index contributed by atoms with van der Waals surface area (Å²) in [6.07, 6.45) is 0.210. The number of aromatic carboxylic acids is 1. The fraction of sp³-hybridized carbons (Fsp3) is 0.308. The van der Waals surface area contributed by atoms with Crippen LogP contribution in [0.1, 0.15) is 27.9 Å². The Morgan fingerprint density at radius 1 is 1.26 bits per heavy atom. The highest BCUT2D eigenvalue weighted by Gasteiger charge is 2.26. The third kappa shape index (κ3) is 2.42. The van der Waals surface area contributed by atoms with Gasteiger partial charge in [-0.05, 0) is 31.0 Å². The molecule has 0 bridgehead atoms. The molecule has 2 N–H and O–H groups in total. The van der Waals surface area contributed by atoms with Gasteiger partial charge in [0.1, 0.15) is 0 Å². The van der Waals surface area contributed by atoms with Gasteiger partial charge in [-0.25, -0.2) is 9.59 Å². The molecule has 0 aromatic heterocycles. The standard InChI is InChI=1S/C13H14N2O4/c1-7-5-8(2)10(6-9(7)12(17)18)15-4-3-11(16)14-13(15)19/h5-6H,3-4H2,1-2H3,(H,17,18)(H,14,16,19). The van der Waals surface area contributed by atoms with Gasteiger partial charge in [0.25, 0.3) is 0 Å². The van der Waals surface area contributed by atoms with E-state index in [1.54, 1.807) is 19.9 Å². The van der Waals surface area contributed by atoms with Crippen molar-refractivity contribution >= 4 is 23.6 Å². The maximum Gasteiger partial charge on any atom is 0.336 e. The molecule has 100 valence electrons.